The molecule has 1 aliphatic rings. The first-order valence-electron chi connectivity index (χ1n) is 7.44. The molecule has 1 saturated heterocycles. The van der Waals surface area contributed by atoms with Gasteiger partial charge in [-0.3, -0.25) is 4.90 Å². The Kier molecular flexibility index (Phi) is 4.58. The van der Waals surface area contributed by atoms with E-state index < -0.39 is 0 Å². The van der Waals surface area contributed by atoms with Gasteiger partial charge < -0.3 is 0 Å². The van der Waals surface area contributed by atoms with Crippen LogP contribution in [0, 0.1) is 0 Å². The molecule has 1 atom stereocenters. The summed E-state index contributed by atoms with van der Waals surface area (Å²) in [6.07, 6.45) is 3.95. The smallest absolute Gasteiger partial charge is 0.0446 e. The molecule has 1 aromatic carbocycles. The Labute approximate surface area is 123 Å². The normalized spacial score (nSPS) is 21.0. The van der Waals surface area contributed by atoms with Crippen LogP contribution in [-0.2, 0) is 12.0 Å². The molecule has 1 fully saturated rings. The summed E-state index contributed by atoms with van der Waals surface area (Å²) < 4.78 is 0. The Morgan fingerprint density at radius 2 is 2.05 bits per heavy atom. The van der Waals surface area contributed by atoms with Crippen LogP contribution in [0.2, 0.25) is 5.02 Å². The number of benzene rings is 1. The van der Waals surface area contributed by atoms with Crippen molar-refractivity contribution in [3.05, 3.63) is 34.3 Å². The predicted molar refractivity (Wildman–Crippen MR) is 83.9 cm³/mol. The lowest BCUT2D eigenvalue weighted by Crippen LogP contribution is -2.28. The molecule has 1 aromatic rings. The highest BCUT2D eigenvalue weighted by Gasteiger charge is 2.23. The molecule has 106 valence electrons. The summed E-state index contributed by atoms with van der Waals surface area (Å²) >= 11 is 6.45. The molecular formula is C17H26ClN. The van der Waals surface area contributed by atoms with E-state index in [1.807, 2.05) is 0 Å². The van der Waals surface area contributed by atoms with Gasteiger partial charge in [-0.25, -0.2) is 0 Å². The first kappa shape index (κ1) is 14.9. The number of hydrogen-bond donors (Lipinski definition) is 0. The van der Waals surface area contributed by atoms with Gasteiger partial charge in [-0.2, -0.15) is 0 Å². The molecule has 19 heavy (non-hydrogen) atoms. The topological polar surface area (TPSA) is 3.24 Å². The lowest BCUT2D eigenvalue weighted by Gasteiger charge is -2.25. The standard InChI is InChI=1S/C17H26ClN/c1-5-14-7-6-10-19(14)12-13-8-9-15(16(18)11-13)17(2,3)4/h8-9,11,14H,5-7,10,12H2,1-4H3/t14-/m1/s1. The fourth-order valence-electron chi connectivity index (χ4n) is 3.07. The molecular weight excluding hydrogens is 254 g/mol. The number of halogens is 1. The first-order valence-corrected chi connectivity index (χ1v) is 7.82. The van der Waals surface area contributed by atoms with Crippen LogP contribution in [0.1, 0.15) is 58.1 Å². The Morgan fingerprint density at radius 3 is 2.63 bits per heavy atom. The van der Waals surface area contributed by atoms with Gasteiger partial charge in [0, 0.05) is 17.6 Å². The summed E-state index contributed by atoms with van der Waals surface area (Å²) in [5.41, 5.74) is 2.71. The number of hydrogen-bond acceptors (Lipinski definition) is 1. The fourth-order valence-corrected chi connectivity index (χ4v) is 3.55. The van der Waals surface area contributed by atoms with E-state index >= 15 is 0 Å². The molecule has 0 aromatic heterocycles. The molecule has 0 amide bonds. The lowest BCUT2D eigenvalue weighted by atomic mass is 9.86. The third-order valence-electron chi connectivity index (χ3n) is 4.20. The van der Waals surface area contributed by atoms with Gasteiger partial charge in [-0.1, -0.05) is 51.4 Å². The summed E-state index contributed by atoms with van der Waals surface area (Å²) in [4.78, 5) is 2.60. The maximum absolute atomic E-state index is 6.45. The van der Waals surface area contributed by atoms with Crippen LogP contribution in [0.25, 0.3) is 0 Å². The molecule has 2 rings (SSSR count). The minimum Gasteiger partial charge on any atom is -0.296 e. The molecule has 0 spiro atoms. The summed E-state index contributed by atoms with van der Waals surface area (Å²) in [6.45, 7) is 11.2. The summed E-state index contributed by atoms with van der Waals surface area (Å²) in [7, 11) is 0. The quantitative estimate of drug-likeness (QED) is 0.752. The van der Waals surface area contributed by atoms with Crippen LogP contribution < -0.4 is 0 Å². The Hall–Kier alpha value is -0.530. The fraction of sp³-hybridized carbons (Fsp3) is 0.647. The summed E-state index contributed by atoms with van der Waals surface area (Å²) in [5, 5.41) is 0.914. The second-order valence-electron chi connectivity index (χ2n) is 6.74. The van der Waals surface area contributed by atoms with Crippen LogP contribution >= 0.6 is 11.6 Å². The van der Waals surface area contributed by atoms with Crippen LogP contribution in [0.4, 0.5) is 0 Å². The van der Waals surface area contributed by atoms with Crippen molar-refractivity contribution in [3.8, 4) is 0 Å². The summed E-state index contributed by atoms with van der Waals surface area (Å²) in [6, 6.07) is 7.38. The van der Waals surface area contributed by atoms with Gasteiger partial charge in [-0.15, -0.1) is 0 Å². The molecule has 1 aliphatic heterocycles. The van der Waals surface area contributed by atoms with Crippen LogP contribution in [0.15, 0.2) is 18.2 Å². The minimum atomic E-state index is 0.120. The molecule has 0 bridgehead atoms. The predicted octanol–water partition coefficient (Wildman–Crippen LogP) is 5.01. The third-order valence-corrected chi connectivity index (χ3v) is 4.51. The van der Waals surface area contributed by atoms with Crippen LogP contribution in [0.3, 0.4) is 0 Å². The van der Waals surface area contributed by atoms with Gasteiger partial charge in [0.25, 0.3) is 0 Å². The van der Waals surface area contributed by atoms with E-state index in [1.54, 1.807) is 0 Å². The van der Waals surface area contributed by atoms with E-state index in [-0.39, 0.29) is 5.41 Å². The number of likely N-dealkylation sites (tertiary alicyclic amines) is 1. The van der Waals surface area contributed by atoms with E-state index in [4.69, 9.17) is 11.6 Å². The SMILES string of the molecule is CC[C@@H]1CCCN1Cc1ccc(C(C)(C)C)c(Cl)c1. The van der Waals surface area contributed by atoms with Crippen molar-refractivity contribution < 1.29 is 0 Å². The van der Waals surface area contributed by atoms with Crippen LogP contribution in [0.5, 0.6) is 0 Å². The van der Waals surface area contributed by atoms with Crippen molar-refractivity contribution in [2.24, 2.45) is 0 Å². The average molecular weight is 280 g/mol. The molecule has 0 saturated carbocycles. The number of rotatable bonds is 3. The minimum absolute atomic E-state index is 0.120. The molecule has 0 N–H and O–H groups in total. The Balaban J connectivity index is 2.12. The van der Waals surface area contributed by atoms with Crippen LogP contribution in [-0.4, -0.2) is 17.5 Å². The first-order chi connectivity index (χ1) is 8.91. The highest BCUT2D eigenvalue weighted by atomic mass is 35.5. The zero-order valence-electron chi connectivity index (χ0n) is 12.7. The Bertz CT molecular complexity index is 433. The third kappa shape index (κ3) is 3.52. The number of nitrogens with zero attached hydrogens (tertiary/aromatic N) is 1. The second kappa shape index (κ2) is 5.85. The summed E-state index contributed by atoms with van der Waals surface area (Å²) in [5.74, 6) is 0. The molecule has 0 aliphatic carbocycles. The molecule has 0 radical (unpaired) electrons. The molecule has 1 nitrogen and oxygen atoms in total. The highest BCUT2D eigenvalue weighted by molar-refractivity contribution is 6.31. The van der Waals surface area contributed by atoms with Gasteiger partial charge in [0.15, 0.2) is 0 Å². The van der Waals surface area contributed by atoms with E-state index in [2.05, 4.69) is 50.8 Å². The Morgan fingerprint density at radius 1 is 1.32 bits per heavy atom. The maximum Gasteiger partial charge on any atom is 0.0446 e. The highest BCUT2D eigenvalue weighted by Crippen LogP contribution is 2.31. The zero-order valence-corrected chi connectivity index (χ0v) is 13.4. The molecule has 2 heteroatoms. The molecule has 1 heterocycles. The van der Waals surface area contributed by atoms with Crippen molar-refractivity contribution in [2.75, 3.05) is 6.54 Å². The van der Waals surface area contributed by atoms with E-state index in [9.17, 15) is 0 Å². The zero-order chi connectivity index (χ0) is 14.0. The van der Waals surface area contributed by atoms with E-state index in [1.165, 1.54) is 36.9 Å². The van der Waals surface area contributed by atoms with Crippen molar-refractivity contribution in [1.82, 2.24) is 4.90 Å². The van der Waals surface area contributed by atoms with Gasteiger partial charge in [0.2, 0.25) is 0 Å². The van der Waals surface area contributed by atoms with Gasteiger partial charge in [0.1, 0.15) is 0 Å². The largest absolute Gasteiger partial charge is 0.296 e. The van der Waals surface area contributed by atoms with E-state index in [0.717, 1.165) is 17.6 Å². The van der Waals surface area contributed by atoms with Gasteiger partial charge >= 0.3 is 0 Å². The monoisotopic (exact) mass is 279 g/mol. The maximum atomic E-state index is 6.45. The van der Waals surface area contributed by atoms with Gasteiger partial charge in [0.05, 0.1) is 0 Å². The molecule has 0 unspecified atom stereocenters. The average Bonchev–Trinajstić information content (AvgIpc) is 2.74. The van der Waals surface area contributed by atoms with E-state index in [0.29, 0.717) is 0 Å². The van der Waals surface area contributed by atoms with Crippen molar-refractivity contribution in [2.45, 2.75) is 65.0 Å². The van der Waals surface area contributed by atoms with Gasteiger partial charge in [-0.05, 0) is 48.4 Å². The van der Waals surface area contributed by atoms with Crippen molar-refractivity contribution in [1.29, 1.82) is 0 Å². The van der Waals surface area contributed by atoms with Crippen molar-refractivity contribution >= 4 is 11.6 Å². The lowest BCUT2D eigenvalue weighted by molar-refractivity contribution is 0.240. The second-order valence-corrected chi connectivity index (χ2v) is 7.15. The van der Waals surface area contributed by atoms with Crippen molar-refractivity contribution in [3.63, 3.8) is 0 Å².